The quantitative estimate of drug-likeness (QED) is 0.602. The van der Waals surface area contributed by atoms with Crippen LogP contribution in [0, 0.1) is 0 Å². The van der Waals surface area contributed by atoms with Gasteiger partial charge in [-0.2, -0.15) is 13.2 Å². The standard InChI is InChI=1S/C21H18Cl2F3NO2/c22-14-7-5-6-13(12-14)18(20(29)10-3-4-11-20)27-19(28)15-8-1-2-9-16(17(15)23)21(24,25)26/h1,5-9,12,18,29H,3-4,10-11H2,(H,27,28). The third kappa shape index (κ3) is 4.78. The Morgan fingerprint density at radius 3 is 2.55 bits per heavy atom. The van der Waals surface area contributed by atoms with Crippen molar-refractivity contribution in [1.82, 2.24) is 5.32 Å². The number of hydrogen-bond donors (Lipinski definition) is 2. The molecule has 3 rings (SSSR count). The smallest absolute Gasteiger partial charge is 0.387 e. The number of aliphatic hydroxyl groups is 1. The minimum absolute atomic E-state index is 0.353. The van der Waals surface area contributed by atoms with Crippen LogP contribution in [0.1, 0.15) is 37.3 Å². The van der Waals surface area contributed by atoms with Crippen molar-refractivity contribution in [3.05, 3.63) is 75.0 Å². The first-order valence-corrected chi connectivity index (χ1v) is 9.76. The van der Waals surface area contributed by atoms with Gasteiger partial charge in [0, 0.05) is 5.02 Å². The maximum Gasteiger partial charge on any atom is 0.418 e. The number of nitrogens with one attached hydrogen (secondary N) is 1. The molecule has 2 N–H and O–H groups in total. The van der Waals surface area contributed by atoms with Crippen LogP contribution in [0.15, 0.2) is 64.4 Å². The summed E-state index contributed by atoms with van der Waals surface area (Å²) in [7, 11) is 0. The lowest BCUT2D eigenvalue weighted by Crippen LogP contribution is -2.45. The van der Waals surface area contributed by atoms with Crippen molar-refractivity contribution in [3.63, 3.8) is 0 Å². The van der Waals surface area contributed by atoms with Crippen LogP contribution >= 0.6 is 23.2 Å². The third-order valence-electron chi connectivity index (χ3n) is 5.06. The highest BCUT2D eigenvalue weighted by atomic mass is 35.5. The molecule has 0 saturated heterocycles. The normalized spacial score (nSPS) is 19.7. The molecular formula is C21H18Cl2F3NO2. The van der Waals surface area contributed by atoms with E-state index in [9.17, 15) is 23.1 Å². The van der Waals surface area contributed by atoms with Gasteiger partial charge in [-0.25, -0.2) is 0 Å². The molecule has 154 valence electrons. The Kier molecular flexibility index (Phi) is 6.30. The van der Waals surface area contributed by atoms with Crippen molar-refractivity contribution in [1.29, 1.82) is 0 Å². The monoisotopic (exact) mass is 443 g/mol. The summed E-state index contributed by atoms with van der Waals surface area (Å²) in [6.45, 7) is 0. The first-order chi connectivity index (χ1) is 13.6. The third-order valence-corrected chi connectivity index (χ3v) is 5.70. The molecule has 2 aliphatic rings. The first-order valence-electron chi connectivity index (χ1n) is 9.01. The zero-order valence-electron chi connectivity index (χ0n) is 15.2. The van der Waals surface area contributed by atoms with Gasteiger partial charge in [-0.3, -0.25) is 4.79 Å². The molecule has 1 aromatic rings. The van der Waals surface area contributed by atoms with Crippen molar-refractivity contribution in [2.24, 2.45) is 0 Å². The molecule has 8 heteroatoms. The summed E-state index contributed by atoms with van der Waals surface area (Å²) >= 11 is 12.0. The molecule has 0 aromatic heterocycles. The minimum atomic E-state index is -4.74. The summed E-state index contributed by atoms with van der Waals surface area (Å²) in [5.74, 6) is -0.824. The number of allylic oxidation sites excluding steroid dienone is 3. The molecule has 0 spiro atoms. The molecule has 2 aliphatic carbocycles. The van der Waals surface area contributed by atoms with E-state index in [0.717, 1.165) is 12.8 Å². The van der Waals surface area contributed by atoms with Crippen LogP contribution in [0.25, 0.3) is 0 Å². The second kappa shape index (κ2) is 8.41. The summed E-state index contributed by atoms with van der Waals surface area (Å²) in [5, 5.41) is 13.5. The van der Waals surface area contributed by atoms with Crippen molar-refractivity contribution in [2.45, 2.75) is 43.5 Å². The average molecular weight is 444 g/mol. The fourth-order valence-corrected chi connectivity index (χ4v) is 4.13. The number of amides is 1. The maximum absolute atomic E-state index is 13.2. The SMILES string of the molecule is O=C(NC(c1cccc(Cl)c1)C1(O)CCCC1)C1=CC=C=CC(C(F)(F)F)=C1Cl. The largest absolute Gasteiger partial charge is 0.418 e. The van der Waals surface area contributed by atoms with E-state index in [1.165, 1.54) is 12.2 Å². The van der Waals surface area contributed by atoms with Crippen LogP contribution in [-0.2, 0) is 4.79 Å². The molecule has 1 aromatic carbocycles. The van der Waals surface area contributed by atoms with E-state index in [1.54, 1.807) is 24.3 Å². The summed E-state index contributed by atoms with van der Waals surface area (Å²) < 4.78 is 39.7. The van der Waals surface area contributed by atoms with Crippen LogP contribution in [0.4, 0.5) is 13.2 Å². The topological polar surface area (TPSA) is 49.3 Å². The van der Waals surface area contributed by atoms with Crippen LogP contribution in [0.2, 0.25) is 5.02 Å². The molecule has 1 atom stereocenters. The van der Waals surface area contributed by atoms with E-state index in [2.05, 4.69) is 11.0 Å². The lowest BCUT2D eigenvalue weighted by atomic mass is 9.86. The van der Waals surface area contributed by atoms with E-state index in [4.69, 9.17) is 23.2 Å². The number of carbonyl (C=O) groups is 1. The number of benzene rings is 1. The number of carbonyl (C=O) groups excluding carboxylic acids is 1. The van der Waals surface area contributed by atoms with E-state index in [-0.39, 0.29) is 5.57 Å². The van der Waals surface area contributed by atoms with Crippen molar-refractivity contribution >= 4 is 29.1 Å². The second-order valence-electron chi connectivity index (χ2n) is 7.06. The molecule has 0 heterocycles. The summed E-state index contributed by atoms with van der Waals surface area (Å²) in [4.78, 5) is 12.9. The molecule has 1 unspecified atom stereocenters. The highest BCUT2D eigenvalue weighted by molar-refractivity contribution is 6.36. The van der Waals surface area contributed by atoms with Gasteiger partial charge in [0.25, 0.3) is 5.91 Å². The Hall–Kier alpha value is -1.98. The number of rotatable bonds is 4. The Morgan fingerprint density at radius 1 is 1.24 bits per heavy atom. The zero-order valence-corrected chi connectivity index (χ0v) is 16.7. The van der Waals surface area contributed by atoms with Gasteiger partial charge in [0.15, 0.2) is 0 Å². The highest BCUT2D eigenvalue weighted by Gasteiger charge is 2.42. The average Bonchev–Trinajstić information content (AvgIpc) is 2.98. The molecule has 1 saturated carbocycles. The van der Waals surface area contributed by atoms with Crippen LogP contribution in [-0.4, -0.2) is 22.8 Å². The van der Waals surface area contributed by atoms with Crippen molar-refractivity contribution < 1.29 is 23.1 Å². The summed E-state index contributed by atoms with van der Waals surface area (Å²) in [6, 6.07) is 5.80. The predicted octanol–water partition coefficient (Wildman–Crippen LogP) is 5.51. The maximum atomic E-state index is 13.2. The molecule has 1 amide bonds. The fourth-order valence-electron chi connectivity index (χ4n) is 3.62. The van der Waals surface area contributed by atoms with Gasteiger partial charge >= 0.3 is 6.18 Å². The Bertz CT molecular complexity index is 937. The summed E-state index contributed by atoms with van der Waals surface area (Å²) in [5.41, 5.74) is 0.157. The van der Waals surface area contributed by atoms with Crippen molar-refractivity contribution in [2.75, 3.05) is 0 Å². The highest BCUT2D eigenvalue weighted by Crippen LogP contribution is 2.41. The fraction of sp³-hybridized carbons (Fsp3) is 0.333. The number of halogens is 5. The Morgan fingerprint density at radius 2 is 1.93 bits per heavy atom. The van der Waals surface area contributed by atoms with E-state index >= 15 is 0 Å². The van der Waals surface area contributed by atoms with Crippen molar-refractivity contribution in [3.8, 4) is 0 Å². The van der Waals surface area contributed by atoms with Crippen LogP contribution in [0.3, 0.4) is 0 Å². The molecule has 1 fully saturated rings. The van der Waals surface area contributed by atoms with Crippen LogP contribution in [0.5, 0.6) is 0 Å². The zero-order chi connectivity index (χ0) is 21.2. The van der Waals surface area contributed by atoms with Gasteiger partial charge in [-0.15, -0.1) is 5.73 Å². The number of hydrogen-bond acceptors (Lipinski definition) is 2. The molecular weight excluding hydrogens is 426 g/mol. The van der Waals surface area contributed by atoms with Crippen LogP contribution < -0.4 is 5.32 Å². The van der Waals surface area contributed by atoms with Gasteiger partial charge in [-0.05, 0) is 48.8 Å². The number of alkyl halides is 3. The Labute approximate surface area is 176 Å². The lowest BCUT2D eigenvalue weighted by Gasteiger charge is -2.34. The first kappa shape index (κ1) is 21.7. The second-order valence-corrected chi connectivity index (χ2v) is 7.87. The van der Waals surface area contributed by atoms with E-state index in [0.29, 0.717) is 29.5 Å². The lowest BCUT2D eigenvalue weighted by molar-refractivity contribution is -0.120. The van der Waals surface area contributed by atoms with E-state index < -0.39 is 34.3 Å². The molecule has 29 heavy (non-hydrogen) atoms. The summed E-state index contributed by atoms with van der Waals surface area (Å²) in [6.07, 6.45) is 0.755. The van der Waals surface area contributed by atoms with Gasteiger partial charge in [0.1, 0.15) is 0 Å². The minimum Gasteiger partial charge on any atom is -0.387 e. The molecule has 0 bridgehead atoms. The Balaban J connectivity index is 1.97. The van der Waals surface area contributed by atoms with Gasteiger partial charge in [0.05, 0.1) is 27.8 Å². The van der Waals surface area contributed by atoms with Gasteiger partial charge < -0.3 is 10.4 Å². The van der Waals surface area contributed by atoms with Gasteiger partial charge in [-0.1, -0.05) is 48.2 Å². The van der Waals surface area contributed by atoms with E-state index in [1.807, 2.05) is 0 Å². The predicted molar refractivity (Wildman–Crippen MR) is 105 cm³/mol. The van der Waals surface area contributed by atoms with Gasteiger partial charge in [0.2, 0.25) is 0 Å². The molecule has 3 nitrogen and oxygen atoms in total. The molecule has 0 radical (unpaired) electrons. The molecule has 0 aliphatic heterocycles.